The molecule has 0 atom stereocenters. The largest absolute Gasteiger partial charge is 0.312 e. The third-order valence-corrected chi connectivity index (χ3v) is 6.96. The molecule has 2 heterocycles. The number of rotatable bonds is 6. The van der Waals surface area contributed by atoms with Gasteiger partial charge in [-0.1, -0.05) is 42.1 Å². The minimum absolute atomic E-state index is 0.119. The number of thiophene rings is 1. The molecule has 0 spiro atoms. The van der Waals surface area contributed by atoms with Gasteiger partial charge in [0.2, 0.25) is 5.91 Å². The van der Waals surface area contributed by atoms with Crippen LogP contribution in [0.1, 0.15) is 6.92 Å². The van der Waals surface area contributed by atoms with Crippen LogP contribution in [-0.4, -0.2) is 27.8 Å². The summed E-state index contributed by atoms with van der Waals surface area (Å²) in [4.78, 5) is 33.5. The summed E-state index contributed by atoms with van der Waals surface area (Å²) in [5.41, 5.74) is 1.54. The lowest BCUT2D eigenvalue weighted by Crippen LogP contribution is -2.32. The Morgan fingerprint density at radius 2 is 1.87 bits per heavy atom. The van der Waals surface area contributed by atoms with E-state index in [1.807, 2.05) is 43.3 Å². The molecule has 4 rings (SSSR count). The van der Waals surface area contributed by atoms with Crippen LogP contribution in [0.15, 0.2) is 70.6 Å². The van der Waals surface area contributed by atoms with E-state index in [0.717, 1.165) is 10.4 Å². The molecule has 0 saturated heterocycles. The van der Waals surface area contributed by atoms with Crippen molar-refractivity contribution in [3.63, 3.8) is 0 Å². The lowest BCUT2D eigenvalue weighted by atomic mass is 10.2. The first-order chi connectivity index (χ1) is 15.0. The number of nitrogens with zero attached hydrogens (tertiary/aromatic N) is 3. The van der Waals surface area contributed by atoms with Crippen molar-refractivity contribution in [2.45, 2.75) is 12.1 Å². The van der Waals surface area contributed by atoms with Crippen LogP contribution in [0, 0.1) is 5.82 Å². The molecule has 158 valence electrons. The number of amides is 1. The van der Waals surface area contributed by atoms with Crippen molar-refractivity contribution in [2.24, 2.45) is 7.05 Å². The Morgan fingerprint density at radius 3 is 2.55 bits per heavy atom. The molecule has 0 aliphatic rings. The summed E-state index contributed by atoms with van der Waals surface area (Å²) < 4.78 is 14.7. The number of thioether (sulfide) groups is 1. The van der Waals surface area contributed by atoms with Crippen LogP contribution in [0.5, 0.6) is 0 Å². The minimum Gasteiger partial charge on any atom is -0.312 e. The summed E-state index contributed by atoms with van der Waals surface area (Å²) in [6, 6.07) is 17.6. The molecule has 0 unspecified atom stereocenters. The molecule has 0 saturated carbocycles. The fourth-order valence-electron chi connectivity index (χ4n) is 3.25. The maximum atomic E-state index is 13.2. The third-order valence-electron chi connectivity index (χ3n) is 4.87. The Kier molecular flexibility index (Phi) is 6.20. The van der Waals surface area contributed by atoms with Crippen LogP contribution in [0.25, 0.3) is 20.7 Å². The van der Waals surface area contributed by atoms with Crippen molar-refractivity contribution in [3.05, 3.63) is 76.8 Å². The predicted molar refractivity (Wildman–Crippen MR) is 125 cm³/mol. The molecule has 1 amide bonds. The number of fused-ring (bicyclic) bond motifs is 1. The zero-order valence-corrected chi connectivity index (χ0v) is 18.7. The van der Waals surface area contributed by atoms with Gasteiger partial charge in [-0.25, -0.2) is 9.37 Å². The Balaban J connectivity index is 1.58. The van der Waals surface area contributed by atoms with Crippen LogP contribution in [0.2, 0.25) is 0 Å². The molecule has 5 nitrogen and oxygen atoms in total. The second-order valence-corrected chi connectivity index (χ2v) is 8.83. The summed E-state index contributed by atoms with van der Waals surface area (Å²) in [6.45, 7) is 2.32. The quantitative estimate of drug-likeness (QED) is 0.306. The van der Waals surface area contributed by atoms with Crippen LogP contribution in [0.4, 0.5) is 10.1 Å². The van der Waals surface area contributed by atoms with Gasteiger partial charge in [0.1, 0.15) is 10.6 Å². The topological polar surface area (TPSA) is 55.2 Å². The number of aromatic nitrogens is 2. The fraction of sp³-hybridized carbons (Fsp3) is 0.174. The monoisotopic (exact) mass is 453 g/mol. The number of hydrogen-bond donors (Lipinski definition) is 0. The van der Waals surface area contributed by atoms with Gasteiger partial charge in [-0.05, 0) is 42.8 Å². The Hall–Kier alpha value is -2.97. The smallest absolute Gasteiger partial charge is 0.262 e. The van der Waals surface area contributed by atoms with Crippen molar-refractivity contribution in [1.29, 1.82) is 0 Å². The number of hydrogen-bond acceptors (Lipinski definition) is 5. The Morgan fingerprint density at radius 1 is 1.16 bits per heavy atom. The predicted octanol–water partition coefficient (Wildman–Crippen LogP) is 4.95. The molecule has 31 heavy (non-hydrogen) atoms. The average Bonchev–Trinajstić information content (AvgIpc) is 3.22. The highest BCUT2D eigenvalue weighted by Crippen LogP contribution is 2.32. The second kappa shape index (κ2) is 9.03. The van der Waals surface area contributed by atoms with Crippen LogP contribution in [0.3, 0.4) is 0 Å². The van der Waals surface area contributed by atoms with E-state index in [9.17, 15) is 14.0 Å². The maximum Gasteiger partial charge on any atom is 0.262 e. The van der Waals surface area contributed by atoms with Gasteiger partial charge in [-0.3, -0.25) is 14.2 Å². The molecule has 0 N–H and O–H groups in total. The van der Waals surface area contributed by atoms with E-state index >= 15 is 0 Å². The van der Waals surface area contributed by atoms with Crippen molar-refractivity contribution in [2.75, 3.05) is 17.2 Å². The van der Waals surface area contributed by atoms with Crippen molar-refractivity contribution < 1.29 is 9.18 Å². The lowest BCUT2D eigenvalue weighted by Gasteiger charge is -2.21. The minimum atomic E-state index is -0.347. The third kappa shape index (κ3) is 4.40. The second-order valence-electron chi connectivity index (χ2n) is 6.86. The zero-order valence-electron chi connectivity index (χ0n) is 17.0. The summed E-state index contributed by atoms with van der Waals surface area (Å²) in [7, 11) is 1.67. The SMILES string of the molecule is CCN(C(=O)CSc1nc2sc(-c3ccccc3)cc2c(=O)n1C)c1ccc(F)cc1. The number of halogens is 1. The fourth-order valence-corrected chi connectivity index (χ4v) is 5.17. The molecule has 0 fully saturated rings. The van der Waals surface area contributed by atoms with E-state index in [1.54, 1.807) is 24.1 Å². The van der Waals surface area contributed by atoms with E-state index in [4.69, 9.17) is 0 Å². The zero-order chi connectivity index (χ0) is 22.0. The standard InChI is InChI=1S/C23H20FN3O2S2/c1-3-27(17-11-9-16(24)10-12-17)20(28)14-30-23-25-21-18(22(29)26(23)2)13-19(31-21)15-7-5-4-6-8-15/h4-13H,3,14H2,1-2H3. The Bertz CT molecular complexity index is 1280. The average molecular weight is 454 g/mol. The van der Waals surface area contributed by atoms with Crippen LogP contribution in [-0.2, 0) is 11.8 Å². The molecule has 2 aromatic carbocycles. The maximum absolute atomic E-state index is 13.2. The van der Waals surface area contributed by atoms with E-state index in [2.05, 4.69) is 4.98 Å². The lowest BCUT2D eigenvalue weighted by molar-refractivity contribution is -0.116. The van der Waals surface area contributed by atoms with Gasteiger partial charge < -0.3 is 4.90 Å². The number of anilines is 1. The molecule has 0 radical (unpaired) electrons. The van der Waals surface area contributed by atoms with Gasteiger partial charge in [-0.15, -0.1) is 11.3 Å². The first-order valence-electron chi connectivity index (χ1n) is 9.72. The number of carbonyl (C=O) groups is 1. The van der Waals surface area contributed by atoms with Gasteiger partial charge in [0.25, 0.3) is 5.56 Å². The molecule has 0 aliphatic carbocycles. The summed E-state index contributed by atoms with van der Waals surface area (Å²) in [6.07, 6.45) is 0. The van der Waals surface area contributed by atoms with Gasteiger partial charge in [0.05, 0.1) is 11.1 Å². The normalized spacial score (nSPS) is 11.1. The molecule has 0 aliphatic heterocycles. The molecular formula is C23H20FN3O2S2. The number of carbonyl (C=O) groups excluding carboxylic acids is 1. The van der Waals surface area contributed by atoms with Crippen LogP contribution >= 0.6 is 23.1 Å². The first-order valence-corrected chi connectivity index (χ1v) is 11.5. The molecule has 8 heteroatoms. The van der Waals surface area contributed by atoms with Crippen molar-refractivity contribution >= 4 is 44.9 Å². The molecule has 4 aromatic rings. The van der Waals surface area contributed by atoms with E-state index < -0.39 is 0 Å². The summed E-state index contributed by atoms with van der Waals surface area (Å²) in [5.74, 6) is -0.363. The van der Waals surface area contributed by atoms with Gasteiger partial charge in [0, 0.05) is 24.2 Å². The Labute approximate surface area is 187 Å². The highest BCUT2D eigenvalue weighted by atomic mass is 32.2. The highest BCUT2D eigenvalue weighted by Gasteiger charge is 2.18. The number of benzene rings is 2. The van der Waals surface area contributed by atoms with Gasteiger partial charge >= 0.3 is 0 Å². The first kappa shape index (κ1) is 21.3. The van der Waals surface area contributed by atoms with E-state index in [1.165, 1.54) is 39.8 Å². The van der Waals surface area contributed by atoms with Crippen LogP contribution < -0.4 is 10.5 Å². The summed E-state index contributed by atoms with van der Waals surface area (Å²) >= 11 is 2.69. The highest BCUT2D eigenvalue weighted by molar-refractivity contribution is 7.99. The van der Waals surface area contributed by atoms with E-state index in [-0.39, 0.29) is 23.0 Å². The summed E-state index contributed by atoms with van der Waals surface area (Å²) in [5, 5.41) is 1.06. The molecule has 2 aromatic heterocycles. The van der Waals surface area contributed by atoms with Gasteiger partial charge in [-0.2, -0.15) is 0 Å². The van der Waals surface area contributed by atoms with Crippen molar-refractivity contribution in [3.8, 4) is 10.4 Å². The van der Waals surface area contributed by atoms with E-state index in [0.29, 0.717) is 27.6 Å². The molecular weight excluding hydrogens is 433 g/mol. The van der Waals surface area contributed by atoms with Gasteiger partial charge in [0.15, 0.2) is 5.16 Å². The van der Waals surface area contributed by atoms with Crippen molar-refractivity contribution in [1.82, 2.24) is 9.55 Å². The molecule has 0 bridgehead atoms.